The quantitative estimate of drug-likeness (QED) is 0.262. The maximum Gasteiger partial charge on any atom is 0.264 e. The molecule has 0 fully saturated rings. The van der Waals surface area contributed by atoms with Gasteiger partial charge in [-0.05, 0) is 76.9 Å². The van der Waals surface area contributed by atoms with Crippen molar-refractivity contribution < 1.29 is 27.8 Å². The molecule has 0 aliphatic carbocycles. The Morgan fingerprint density at radius 1 is 1.17 bits per heavy atom. The number of nitrogens with one attached hydrogen (secondary N) is 1. The van der Waals surface area contributed by atoms with E-state index >= 15 is 0 Å². The number of amides is 1. The number of benzene rings is 3. The van der Waals surface area contributed by atoms with Crippen LogP contribution in [0.4, 0.5) is 5.69 Å². The summed E-state index contributed by atoms with van der Waals surface area (Å²) in [6, 6.07) is 15.2. The maximum atomic E-state index is 13.5. The Kier molecular flexibility index (Phi) is 9.19. The molecule has 3 aromatic rings. The fourth-order valence-corrected chi connectivity index (χ4v) is 5.16. The summed E-state index contributed by atoms with van der Waals surface area (Å²) >= 11 is 9.13. The molecule has 0 heterocycles. The first-order valence-corrected chi connectivity index (χ1v) is 13.2. The molecule has 0 saturated carbocycles. The van der Waals surface area contributed by atoms with E-state index in [2.05, 4.69) is 26.5 Å². The van der Waals surface area contributed by atoms with E-state index in [0.29, 0.717) is 27.4 Å². The highest BCUT2D eigenvalue weighted by molar-refractivity contribution is 9.10. The van der Waals surface area contributed by atoms with E-state index in [1.54, 1.807) is 37.3 Å². The first-order chi connectivity index (χ1) is 17.2. The Bertz CT molecular complexity index is 1370. The number of rotatable bonds is 10. The molecule has 0 aliphatic heterocycles. The summed E-state index contributed by atoms with van der Waals surface area (Å²) in [7, 11) is -2.77. The number of phenols is 1. The standard InChI is InChI=1S/C24H23BrClN3O6S/c1-3-35-21-7-5-4-6-20(21)29(36(32,33)18-10-8-17(26)9-11-18)15-23(30)28-27-14-16-12-19(25)24(31)22(13-16)34-2/h4-14,31H,3,15H2,1-2H3,(H,28,30)/b27-14-. The largest absolute Gasteiger partial charge is 0.503 e. The van der Waals surface area contributed by atoms with Crippen molar-refractivity contribution in [1.29, 1.82) is 0 Å². The summed E-state index contributed by atoms with van der Waals surface area (Å²) in [5.41, 5.74) is 3.04. The number of anilines is 1. The molecular weight excluding hydrogens is 574 g/mol. The molecule has 3 aromatic carbocycles. The molecule has 9 nitrogen and oxygen atoms in total. The summed E-state index contributed by atoms with van der Waals surface area (Å²) in [6.07, 6.45) is 1.33. The second kappa shape index (κ2) is 12.1. The molecular formula is C24H23BrClN3O6S. The van der Waals surface area contributed by atoms with Crippen LogP contribution in [-0.2, 0) is 14.8 Å². The summed E-state index contributed by atoms with van der Waals surface area (Å²) in [6.45, 7) is 1.50. The van der Waals surface area contributed by atoms with Crippen molar-refractivity contribution in [3.05, 3.63) is 75.7 Å². The van der Waals surface area contributed by atoms with Crippen molar-refractivity contribution in [2.75, 3.05) is 24.6 Å². The molecule has 2 N–H and O–H groups in total. The number of nitrogens with zero attached hydrogens (tertiary/aromatic N) is 2. The first kappa shape index (κ1) is 27.3. The number of carbonyl (C=O) groups excluding carboxylic acids is 1. The van der Waals surface area contributed by atoms with E-state index in [4.69, 9.17) is 21.1 Å². The summed E-state index contributed by atoms with van der Waals surface area (Å²) in [4.78, 5) is 12.7. The number of phenolic OH excluding ortho intramolecular Hbond substituents is 1. The number of hydrazone groups is 1. The normalized spacial score (nSPS) is 11.3. The van der Waals surface area contributed by atoms with E-state index in [1.165, 1.54) is 43.7 Å². The first-order valence-electron chi connectivity index (χ1n) is 10.6. The van der Waals surface area contributed by atoms with Gasteiger partial charge in [-0.2, -0.15) is 5.10 Å². The second-order valence-corrected chi connectivity index (χ2v) is 10.4. The van der Waals surface area contributed by atoms with Gasteiger partial charge in [0.25, 0.3) is 15.9 Å². The molecule has 0 atom stereocenters. The van der Waals surface area contributed by atoms with Crippen LogP contribution in [0.25, 0.3) is 0 Å². The molecule has 0 aliphatic rings. The Hall–Kier alpha value is -3.28. The number of hydrogen-bond donors (Lipinski definition) is 2. The number of ether oxygens (including phenoxy) is 2. The molecule has 0 bridgehead atoms. The lowest BCUT2D eigenvalue weighted by atomic mass is 10.2. The fraction of sp³-hybridized carbons (Fsp3) is 0.167. The molecule has 12 heteroatoms. The number of aromatic hydroxyl groups is 1. The topological polar surface area (TPSA) is 118 Å². The Morgan fingerprint density at radius 3 is 2.53 bits per heavy atom. The minimum Gasteiger partial charge on any atom is -0.503 e. The molecule has 0 spiro atoms. The van der Waals surface area contributed by atoms with Crippen molar-refractivity contribution in [2.45, 2.75) is 11.8 Å². The lowest BCUT2D eigenvalue weighted by Crippen LogP contribution is -2.39. The summed E-state index contributed by atoms with van der Waals surface area (Å²) in [5.74, 6) is -0.255. The van der Waals surface area contributed by atoms with Crippen LogP contribution in [0.3, 0.4) is 0 Å². The van der Waals surface area contributed by atoms with Crippen LogP contribution in [-0.4, -0.2) is 45.9 Å². The highest BCUT2D eigenvalue weighted by Gasteiger charge is 2.29. The molecule has 3 rings (SSSR count). The van der Waals surface area contributed by atoms with Gasteiger partial charge in [0.05, 0.1) is 35.0 Å². The van der Waals surface area contributed by atoms with Gasteiger partial charge in [0.15, 0.2) is 11.5 Å². The second-order valence-electron chi connectivity index (χ2n) is 7.21. The van der Waals surface area contributed by atoms with Crippen molar-refractivity contribution in [2.24, 2.45) is 5.10 Å². The predicted octanol–water partition coefficient (Wildman–Crippen LogP) is 4.56. The van der Waals surface area contributed by atoms with Crippen LogP contribution in [0.5, 0.6) is 17.2 Å². The molecule has 0 aromatic heterocycles. The average Bonchev–Trinajstić information content (AvgIpc) is 2.85. The molecule has 0 saturated heterocycles. The zero-order chi connectivity index (χ0) is 26.3. The summed E-state index contributed by atoms with van der Waals surface area (Å²) < 4.78 is 39.1. The maximum absolute atomic E-state index is 13.5. The van der Waals surface area contributed by atoms with Gasteiger partial charge in [0.1, 0.15) is 12.3 Å². The third-order valence-corrected chi connectivity index (χ3v) is 7.43. The van der Waals surface area contributed by atoms with E-state index in [1.807, 2.05) is 0 Å². The minimum atomic E-state index is -4.17. The van der Waals surface area contributed by atoms with Gasteiger partial charge in [-0.15, -0.1) is 0 Å². The highest BCUT2D eigenvalue weighted by Crippen LogP contribution is 2.35. The molecule has 0 unspecified atom stereocenters. The van der Waals surface area contributed by atoms with Gasteiger partial charge >= 0.3 is 0 Å². The Labute approximate surface area is 222 Å². The van der Waals surface area contributed by atoms with Crippen LogP contribution in [0.15, 0.2) is 75.1 Å². The lowest BCUT2D eigenvalue weighted by molar-refractivity contribution is -0.119. The van der Waals surface area contributed by atoms with Gasteiger partial charge < -0.3 is 14.6 Å². The van der Waals surface area contributed by atoms with Crippen molar-refractivity contribution >= 4 is 55.4 Å². The van der Waals surface area contributed by atoms with Crippen LogP contribution in [0.1, 0.15) is 12.5 Å². The molecule has 1 amide bonds. The Balaban J connectivity index is 1.89. The van der Waals surface area contributed by atoms with Gasteiger partial charge in [0.2, 0.25) is 0 Å². The average molecular weight is 597 g/mol. The van der Waals surface area contributed by atoms with Crippen molar-refractivity contribution in [1.82, 2.24) is 5.43 Å². The van der Waals surface area contributed by atoms with Gasteiger partial charge in [-0.3, -0.25) is 9.10 Å². The van der Waals surface area contributed by atoms with Gasteiger partial charge in [-0.25, -0.2) is 13.8 Å². The third kappa shape index (κ3) is 6.48. The van der Waals surface area contributed by atoms with Crippen LogP contribution in [0.2, 0.25) is 5.02 Å². The third-order valence-electron chi connectivity index (χ3n) is 4.80. The van der Waals surface area contributed by atoms with Gasteiger partial charge in [-0.1, -0.05) is 23.7 Å². The van der Waals surface area contributed by atoms with Crippen LogP contribution >= 0.6 is 27.5 Å². The van der Waals surface area contributed by atoms with E-state index < -0.39 is 22.5 Å². The zero-order valence-electron chi connectivity index (χ0n) is 19.3. The number of halogens is 2. The SMILES string of the molecule is CCOc1ccccc1N(CC(=O)N/N=C\c1cc(Br)c(O)c(OC)c1)S(=O)(=O)c1ccc(Cl)cc1. The highest BCUT2D eigenvalue weighted by atomic mass is 79.9. The number of hydrogen-bond acceptors (Lipinski definition) is 7. The van der Waals surface area contributed by atoms with Crippen LogP contribution in [0, 0.1) is 0 Å². The summed E-state index contributed by atoms with van der Waals surface area (Å²) in [5, 5.41) is 14.2. The molecule has 190 valence electrons. The number of methoxy groups -OCH3 is 1. The Morgan fingerprint density at radius 2 is 1.86 bits per heavy atom. The monoisotopic (exact) mass is 595 g/mol. The zero-order valence-corrected chi connectivity index (χ0v) is 22.5. The van der Waals surface area contributed by atoms with E-state index in [0.717, 1.165) is 4.31 Å². The molecule has 0 radical (unpaired) electrons. The van der Waals surface area contributed by atoms with E-state index in [-0.39, 0.29) is 22.1 Å². The fourth-order valence-electron chi connectivity index (χ4n) is 3.14. The number of carbonyl (C=O) groups is 1. The van der Waals surface area contributed by atoms with Crippen LogP contribution < -0.4 is 19.2 Å². The molecule has 36 heavy (non-hydrogen) atoms. The van der Waals surface area contributed by atoms with Crippen molar-refractivity contribution in [3.8, 4) is 17.2 Å². The number of para-hydroxylation sites is 2. The minimum absolute atomic E-state index is 0.0458. The van der Waals surface area contributed by atoms with Crippen molar-refractivity contribution in [3.63, 3.8) is 0 Å². The number of sulfonamides is 1. The predicted molar refractivity (Wildman–Crippen MR) is 142 cm³/mol. The lowest BCUT2D eigenvalue weighted by Gasteiger charge is -2.25. The van der Waals surface area contributed by atoms with Gasteiger partial charge in [0, 0.05) is 5.02 Å². The smallest absolute Gasteiger partial charge is 0.264 e. The van der Waals surface area contributed by atoms with E-state index in [9.17, 15) is 18.3 Å².